The summed E-state index contributed by atoms with van der Waals surface area (Å²) in [6.45, 7) is 0. The Labute approximate surface area is 133 Å². The minimum absolute atomic E-state index is 0.248. The van der Waals surface area contributed by atoms with Crippen LogP contribution in [0.2, 0.25) is 0 Å². The highest BCUT2D eigenvalue weighted by Gasteiger charge is 2.32. The Morgan fingerprint density at radius 1 is 0.826 bits per heavy atom. The normalized spacial score (nSPS) is 11.4. The molecule has 0 saturated heterocycles. The number of hydrogen-bond acceptors (Lipinski definition) is 2. The van der Waals surface area contributed by atoms with Crippen molar-refractivity contribution in [3.8, 4) is 0 Å². The highest BCUT2D eigenvalue weighted by molar-refractivity contribution is 5.38. The Balaban J connectivity index is 2.08. The summed E-state index contributed by atoms with van der Waals surface area (Å²) in [7, 11) is 0. The Bertz CT molecular complexity index is 725. The predicted octanol–water partition coefficient (Wildman–Crippen LogP) is 3.84. The maximum atomic E-state index is 13.2. The number of hydrogen-bond donors (Lipinski definition) is 1. The van der Waals surface area contributed by atoms with E-state index in [9.17, 15) is 13.9 Å². The molecule has 0 aliphatic carbocycles. The Morgan fingerprint density at radius 3 is 1.78 bits per heavy atom. The zero-order valence-electron chi connectivity index (χ0n) is 12.3. The number of aliphatic hydroxyl groups is 1. The third kappa shape index (κ3) is 3.27. The summed E-state index contributed by atoms with van der Waals surface area (Å²) in [5.74, 6) is -0.756. The van der Waals surface area contributed by atoms with Gasteiger partial charge >= 0.3 is 0 Å². The highest BCUT2D eigenvalue weighted by atomic mass is 19.1. The fourth-order valence-corrected chi connectivity index (χ4v) is 2.62. The van der Waals surface area contributed by atoms with Crippen LogP contribution in [0.3, 0.4) is 0 Å². The second-order valence-corrected chi connectivity index (χ2v) is 5.41. The molecule has 0 spiro atoms. The largest absolute Gasteiger partial charge is 0.380 e. The molecular formula is C19H15F2NO. The van der Waals surface area contributed by atoms with Gasteiger partial charge in [-0.3, -0.25) is 4.98 Å². The quantitative estimate of drug-likeness (QED) is 0.794. The smallest absolute Gasteiger partial charge is 0.123 e. The van der Waals surface area contributed by atoms with Crippen LogP contribution in [0.15, 0.2) is 73.1 Å². The first-order valence-corrected chi connectivity index (χ1v) is 7.21. The average Bonchev–Trinajstić information content (AvgIpc) is 2.57. The van der Waals surface area contributed by atoms with E-state index in [-0.39, 0.29) is 18.1 Å². The lowest BCUT2D eigenvalue weighted by Crippen LogP contribution is -2.30. The molecule has 3 aromatic rings. The standard InChI is InChI=1S/C19H15F2NO/c20-17-7-3-15(4-8-17)19(23,12-14-2-1-11-22-13-14)16-5-9-18(21)10-6-16/h1-11,13,23H,12H2. The first-order chi connectivity index (χ1) is 11.1. The SMILES string of the molecule is OC(Cc1cccnc1)(c1ccc(F)cc1)c1ccc(F)cc1. The van der Waals surface area contributed by atoms with Crippen LogP contribution in [-0.4, -0.2) is 10.1 Å². The number of aromatic nitrogens is 1. The first kappa shape index (κ1) is 15.3. The molecule has 0 atom stereocenters. The summed E-state index contributed by atoms with van der Waals surface area (Å²) in [4.78, 5) is 4.05. The number of rotatable bonds is 4. The number of benzene rings is 2. The lowest BCUT2D eigenvalue weighted by molar-refractivity contribution is 0.0809. The van der Waals surface area contributed by atoms with E-state index in [1.165, 1.54) is 48.5 Å². The molecule has 0 fully saturated rings. The molecule has 2 nitrogen and oxygen atoms in total. The maximum Gasteiger partial charge on any atom is 0.123 e. The summed E-state index contributed by atoms with van der Waals surface area (Å²) in [5.41, 5.74) is 0.497. The average molecular weight is 311 g/mol. The van der Waals surface area contributed by atoms with Crippen LogP contribution in [0.25, 0.3) is 0 Å². The molecule has 23 heavy (non-hydrogen) atoms. The second-order valence-electron chi connectivity index (χ2n) is 5.41. The van der Waals surface area contributed by atoms with Crippen LogP contribution in [0, 0.1) is 11.6 Å². The van der Waals surface area contributed by atoms with Gasteiger partial charge in [-0.15, -0.1) is 0 Å². The van der Waals surface area contributed by atoms with E-state index in [0.717, 1.165) is 5.56 Å². The molecule has 3 rings (SSSR count). The van der Waals surface area contributed by atoms with Crippen molar-refractivity contribution in [3.63, 3.8) is 0 Å². The van der Waals surface area contributed by atoms with Gasteiger partial charge in [0.25, 0.3) is 0 Å². The van der Waals surface area contributed by atoms with Gasteiger partial charge in [-0.2, -0.15) is 0 Å². The van der Waals surface area contributed by atoms with Crippen molar-refractivity contribution in [3.05, 3.63) is 101 Å². The fraction of sp³-hybridized carbons (Fsp3) is 0.105. The van der Waals surface area contributed by atoms with Gasteiger partial charge < -0.3 is 5.11 Å². The van der Waals surface area contributed by atoms with Gasteiger partial charge in [-0.05, 0) is 47.0 Å². The summed E-state index contributed by atoms with van der Waals surface area (Å²) >= 11 is 0. The van der Waals surface area contributed by atoms with E-state index < -0.39 is 5.60 Å². The van der Waals surface area contributed by atoms with E-state index in [4.69, 9.17) is 0 Å². The molecule has 4 heteroatoms. The van der Waals surface area contributed by atoms with Crippen molar-refractivity contribution in [2.45, 2.75) is 12.0 Å². The molecular weight excluding hydrogens is 296 g/mol. The molecule has 1 aromatic heterocycles. The zero-order valence-corrected chi connectivity index (χ0v) is 12.3. The Kier molecular flexibility index (Phi) is 4.17. The topological polar surface area (TPSA) is 33.1 Å². The minimum Gasteiger partial charge on any atom is -0.380 e. The molecule has 0 saturated carbocycles. The lowest BCUT2D eigenvalue weighted by Gasteiger charge is -2.29. The van der Waals surface area contributed by atoms with Crippen molar-refractivity contribution in [2.75, 3.05) is 0 Å². The van der Waals surface area contributed by atoms with Crippen LogP contribution in [0.4, 0.5) is 8.78 Å². The number of nitrogens with zero attached hydrogens (tertiary/aromatic N) is 1. The van der Waals surface area contributed by atoms with Gasteiger partial charge in [0.05, 0.1) is 0 Å². The summed E-state index contributed by atoms with van der Waals surface area (Å²) in [6.07, 6.45) is 3.56. The lowest BCUT2D eigenvalue weighted by atomic mass is 9.81. The van der Waals surface area contributed by atoms with Crippen molar-refractivity contribution in [1.82, 2.24) is 4.98 Å². The fourth-order valence-electron chi connectivity index (χ4n) is 2.62. The number of pyridine rings is 1. The van der Waals surface area contributed by atoms with Gasteiger partial charge in [-0.25, -0.2) is 8.78 Å². The molecule has 0 amide bonds. The van der Waals surface area contributed by atoms with E-state index in [1.807, 2.05) is 6.07 Å². The molecule has 0 aliphatic heterocycles. The second kappa shape index (κ2) is 6.26. The van der Waals surface area contributed by atoms with Gasteiger partial charge in [0.1, 0.15) is 17.2 Å². The third-order valence-electron chi connectivity index (χ3n) is 3.83. The van der Waals surface area contributed by atoms with Gasteiger partial charge in [0.15, 0.2) is 0 Å². The van der Waals surface area contributed by atoms with Crippen LogP contribution in [0.5, 0.6) is 0 Å². The van der Waals surface area contributed by atoms with Gasteiger partial charge in [0, 0.05) is 18.8 Å². The maximum absolute atomic E-state index is 13.2. The third-order valence-corrected chi connectivity index (χ3v) is 3.83. The monoisotopic (exact) mass is 311 g/mol. The highest BCUT2D eigenvalue weighted by Crippen LogP contribution is 2.33. The van der Waals surface area contributed by atoms with E-state index in [0.29, 0.717) is 11.1 Å². The van der Waals surface area contributed by atoms with Crippen LogP contribution >= 0.6 is 0 Å². The van der Waals surface area contributed by atoms with Crippen molar-refractivity contribution in [1.29, 1.82) is 0 Å². The molecule has 116 valence electrons. The predicted molar refractivity (Wildman–Crippen MR) is 83.7 cm³/mol. The summed E-state index contributed by atoms with van der Waals surface area (Å²) in [5, 5.41) is 11.3. The minimum atomic E-state index is -1.40. The van der Waals surface area contributed by atoms with Gasteiger partial charge in [0.2, 0.25) is 0 Å². The molecule has 0 unspecified atom stereocenters. The van der Waals surface area contributed by atoms with E-state index in [2.05, 4.69) is 4.98 Å². The van der Waals surface area contributed by atoms with Crippen LogP contribution < -0.4 is 0 Å². The Morgan fingerprint density at radius 2 is 1.35 bits per heavy atom. The molecule has 0 bridgehead atoms. The van der Waals surface area contributed by atoms with E-state index in [1.54, 1.807) is 18.5 Å². The number of halogens is 2. The van der Waals surface area contributed by atoms with Crippen LogP contribution in [0.1, 0.15) is 16.7 Å². The Hall–Kier alpha value is -2.59. The molecule has 0 aliphatic rings. The zero-order chi connectivity index (χ0) is 16.3. The van der Waals surface area contributed by atoms with E-state index >= 15 is 0 Å². The molecule has 2 aromatic carbocycles. The first-order valence-electron chi connectivity index (χ1n) is 7.21. The summed E-state index contributed by atoms with van der Waals surface area (Å²) < 4.78 is 26.4. The molecule has 0 radical (unpaired) electrons. The van der Waals surface area contributed by atoms with Crippen molar-refractivity contribution < 1.29 is 13.9 Å². The molecule has 1 heterocycles. The van der Waals surface area contributed by atoms with Crippen LogP contribution in [-0.2, 0) is 12.0 Å². The van der Waals surface area contributed by atoms with Crippen molar-refractivity contribution >= 4 is 0 Å². The van der Waals surface area contributed by atoms with Crippen molar-refractivity contribution in [2.24, 2.45) is 0 Å². The summed E-state index contributed by atoms with van der Waals surface area (Å²) in [6, 6.07) is 15.0. The molecule has 1 N–H and O–H groups in total. The van der Waals surface area contributed by atoms with Gasteiger partial charge in [-0.1, -0.05) is 30.3 Å².